The van der Waals surface area contributed by atoms with E-state index in [4.69, 9.17) is 0 Å². The minimum atomic E-state index is -0.279. The lowest BCUT2D eigenvalue weighted by molar-refractivity contribution is 0.0997. The van der Waals surface area contributed by atoms with Crippen LogP contribution in [0.5, 0.6) is 0 Å². The van der Waals surface area contributed by atoms with Crippen molar-refractivity contribution in [2.45, 2.75) is 6.42 Å². The van der Waals surface area contributed by atoms with Gasteiger partial charge in [0.25, 0.3) is 0 Å². The SMILES string of the molecule is O=C(Cc1ccc2ccccc2c1)c1ccc(C#Cc2ccc(F)cc2)s1. The zero-order chi connectivity index (χ0) is 18.6. The first-order valence-electron chi connectivity index (χ1n) is 8.56. The number of halogens is 1. The van der Waals surface area contributed by atoms with Gasteiger partial charge in [-0.3, -0.25) is 4.79 Å². The highest BCUT2D eigenvalue weighted by molar-refractivity contribution is 7.14. The van der Waals surface area contributed by atoms with Gasteiger partial charge in [0.15, 0.2) is 5.78 Å². The van der Waals surface area contributed by atoms with Crippen LogP contribution in [0.1, 0.15) is 25.7 Å². The van der Waals surface area contributed by atoms with Crippen LogP contribution in [0.15, 0.2) is 78.9 Å². The van der Waals surface area contributed by atoms with Gasteiger partial charge in [0.05, 0.1) is 9.75 Å². The van der Waals surface area contributed by atoms with E-state index in [1.165, 1.54) is 28.9 Å². The summed E-state index contributed by atoms with van der Waals surface area (Å²) in [6.07, 6.45) is 0.371. The van der Waals surface area contributed by atoms with Crippen molar-refractivity contribution in [1.82, 2.24) is 0 Å². The first-order valence-corrected chi connectivity index (χ1v) is 9.37. The van der Waals surface area contributed by atoms with Crippen LogP contribution in [-0.4, -0.2) is 5.78 Å². The summed E-state index contributed by atoms with van der Waals surface area (Å²) in [5, 5.41) is 2.31. The number of carbonyl (C=O) groups excluding carboxylic acids is 1. The summed E-state index contributed by atoms with van der Waals surface area (Å²) < 4.78 is 12.9. The molecular weight excluding hydrogens is 355 g/mol. The average molecular weight is 370 g/mol. The van der Waals surface area contributed by atoms with E-state index in [0.29, 0.717) is 11.3 Å². The first kappa shape index (κ1) is 17.2. The zero-order valence-corrected chi connectivity index (χ0v) is 15.2. The zero-order valence-electron chi connectivity index (χ0n) is 14.4. The molecule has 0 N–H and O–H groups in total. The summed E-state index contributed by atoms with van der Waals surface area (Å²) in [5.41, 5.74) is 1.75. The van der Waals surface area contributed by atoms with Crippen molar-refractivity contribution in [1.29, 1.82) is 0 Å². The van der Waals surface area contributed by atoms with Crippen LogP contribution >= 0.6 is 11.3 Å². The molecule has 0 aliphatic rings. The smallest absolute Gasteiger partial charge is 0.177 e. The Morgan fingerprint density at radius 1 is 0.852 bits per heavy atom. The van der Waals surface area contributed by atoms with Crippen molar-refractivity contribution in [3.05, 3.63) is 106 Å². The fourth-order valence-corrected chi connectivity index (χ4v) is 3.64. The molecule has 1 nitrogen and oxygen atoms in total. The molecule has 0 fully saturated rings. The molecule has 0 unspecified atom stereocenters. The maximum atomic E-state index is 12.9. The highest BCUT2D eigenvalue weighted by atomic mass is 32.1. The molecule has 130 valence electrons. The maximum Gasteiger partial charge on any atom is 0.177 e. The lowest BCUT2D eigenvalue weighted by Gasteiger charge is -2.02. The van der Waals surface area contributed by atoms with E-state index in [1.54, 1.807) is 12.1 Å². The van der Waals surface area contributed by atoms with Crippen molar-refractivity contribution in [3.8, 4) is 11.8 Å². The number of carbonyl (C=O) groups is 1. The van der Waals surface area contributed by atoms with E-state index in [2.05, 4.69) is 30.0 Å². The fourth-order valence-electron chi connectivity index (χ4n) is 2.84. The lowest BCUT2D eigenvalue weighted by atomic mass is 10.0. The number of hydrogen-bond acceptors (Lipinski definition) is 2. The fraction of sp³-hybridized carbons (Fsp3) is 0.0417. The molecule has 0 saturated heterocycles. The van der Waals surface area contributed by atoms with E-state index in [-0.39, 0.29) is 11.6 Å². The molecule has 4 aromatic rings. The molecule has 3 heteroatoms. The van der Waals surface area contributed by atoms with E-state index >= 15 is 0 Å². The second kappa shape index (κ2) is 7.57. The molecule has 0 radical (unpaired) electrons. The number of ketones is 1. The molecular formula is C24H15FOS. The van der Waals surface area contributed by atoms with E-state index in [0.717, 1.165) is 21.4 Å². The molecule has 0 saturated carbocycles. The summed E-state index contributed by atoms with van der Waals surface area (Å²) in [7, 11) is 0. The Balaban J connectivity index is 1.49. The molecule has 0 amide bonds. The van der Waals surface area contributed by atoms with Crippen LogP contribution in [0.2, 0.25) is 0 Å². The van der Waals surface area contributed by atoms with E-state index < -0.39 is 0 Å². The quantitative estimate of drug-likeness (QED) is 0.326. The van der Waals surface area contributed by atoms with Crippen molar-refractivity contribution in [3.63, 3.8) is 0 Å². The summed E-state index contributed by atoms with van der Waals surface area (Å²) in [4.78, 5) is 14.1. The third kappa shape index (κ3) is 4.13. The molecule has 27 heavy (non-hydrogen) atoms. The number of benzene rings is 3. The summed E-state index contributed by atoms with van der Waals surface area (Å²) in [5.74, 6) is 5.84. The van der Waals surface area contributed by atoms with Gasteiger partial charge < -0.3 is 0 Å². The second-order valence-electron chi connectivity index (χ2n) is 6.20. The Kier molecular flexibility index (Phi) is 4.82. The Bertz CT molecular complexity index is 1180. The van der Waals surface area contributed by atoms with Gasteiger partial charge in [-0.15, -0.1) is 11.3 Å². The molecule has 0 aliphatic carbocycles. The molecule has 4 rings (SSSR count). The molecule has 0 bridgehead atoms. The minimum absolute atomic E-state index is 0.0881. The summed E-state index contributed by atoms with van der Waals surface area (Å²) in [6, 6.07) is 24.0. The summed E-state index contributed by atoms with van der Waals surface area (Å²) in [6.45, 7) is 0. The number of fused-ring (bicyclic) bond motifs is 1. The minimum Gasteiger partial charge on any atom is -0.293 e. The highest BCUT2D eigenvalue weighted by Gasteiger charge is 2.10. The van der Waals surface area contributed by atoms with Gasteiger partial charge in [-0.1, -0.05) is 54.3 Å². The van der Waals surface area contributed by atoms with Gasteiger partial charge in [0.1, 0.15) is 5.82 Å². The van der Waals surface area contributed by atoms with Crippen LogP contribution < -0.4 is 0 Å². The van der Waals surface area contributed by atoms with Crippen LogP contribution in [-0.2, 0) is 6.42 Å². The molecule has 3 aromatic carbocycles. The van der Waals surface area contributed by atoms with Crippen LogP contribution in [0.25, 0.3) is 10.8 Å². The van der Waals surface area contributed by atoms with Gasteiger partial charge in [-0.05, 0) is 52.7 Å². The Hall–Kier alpha value is -3.22. The lowest BCUT2D eigenvalue weighted by Crippen LogP contribution is -2.00. The standard InChI is InChI=1S/C24H15FOS/c25-21-10-6-17(7-11-21)8-12-22-13-14-24(27-22)23(26)16-18-5-9-19-3-1-2-4-20(19)15-18/h1-7,9-11,13-15H,16H2. The molecule has 0 spiro atoms. The molecule has 1 aromatic heterocycles. The number of rotatable bonds is 3. The van der Waals surface area contributed by atoms with Gasteiger partial charge in [0, 0.05) is 12.0 Å². The monoisotopic (exact) mass is 370 g/mol. The third-order valence-corrected chi connectivity index (χ3v) is 5.28. The molecule has 0 aliphatic heterocycles. The topological polar surface area (TPSA) is 17.1 Å². The predicted octanol–water partition coefficient (Wildman–Crippen LogP) is 5.87. The van der Waals surface area contributed by atoms with Crippen LogP contribution in [0, 0.1) is 17.7 Å². The maximum absolute atomic E-state index is 12.9. The molecule has 0 atom stereocenters. The Morgan fingerprint density at radius 2 is 1.63 bits per heavy atom. The van der Waals surface area contributed by atoms with Crippen LogP contribution in [0.3, 0.4) is 0 Å². The number of Topliss-reactive ketones (excluding diaryl/α,β-unsaturated/α-hetero) is 1. The second-order valence-corrected chi connectivity index (χ2v) is 7.29. The van der Waals surface area contributed by atoms with Gasteiger partial charge in [-0.2, -0.15) is 0 Å². The Morgan fingerprint density at radius 3 is 2.44 bits per heavy atom. The normalized spacial score (nSPS) is 10.4. The van der Waals surface area contributed by atoms with E-state index in [9.17, 15) is 9.18 Å². The number of thiophene rings is 1. The average Bonchev–Trinajstić information content (AvgIpc) is 3.17. The molecule has 1 heterocycles. The third-order valence-electron chi connectivity index (χ3n) is 4.23. The Labute approximate surface area is 161 Å². The van der Waals surface area contributed by atoms with Gasteiger partial charge in [0.2, 0.25) is 0 Å². The van der Waals surface area contributed by atoms with E-state index in [1.807, 2.05) is 36.4 Å². The highest BCUT2D eigenvalue weighted by Crippen LogP contribution is 2.20. The number of hydrogen-bond donors (Lipinski definition) is 0. The van der Waals surface area contributed by atoms with Crippen molar-refractivity contribution in [2.75, 3.05) is 0 Å². The van der Waals surface area contributed by atoms with Crippen LogP contribution in [0.4, 0.5) is 4.39 Å². The van der Waals surface area contributed by atoms with Crippen molar-refractivity contribution < 1.29 is 9.18 Å². The summed E-state index contributed by atoms with van der Waals surface area (Å²) >= 11 is 1.39. The van der Waals surface area contributed by atoms with Gasteiger partial charge in [-0.25, -0.2) is 4.39 Å². The largest absolute Gasteiger partial charge is 0.293 e. The van der Waals surface area contributed by atoms with Gasteiger partial charge >= 0.3 is 0 Å². The van der Waals surface area contributed by atoms with Crippen molar-refractivity contribution >= 4 is 27.9 Å². The first-order chi connectivity index (χ1) is 13.2. The van der Waals surface area contributed by atoms with Crippen molar-refractivity contribution in [2.24, 2.45) is 0 Å². The predicted molar refractivity (Wildman–Crippen MR) is 109 cm³/mol.